The van der Waals surface area contributed by atoms with E-state index in [9.17, 15) is 8.42 Å². The van der Waals surface area contributed by atoms with Gasteiger partial charge in [0, 0.05) is 11.7 Å². The van der Waals surface area contributed by atoms with Crippen LogP contribution in [-0.2, 0) is 16.4 Å². The number of rotatable bonds is 3. The fraction of sp³-hybridized carbons (Fsp3) is 0.391. The Bertz CT molecular complexity index is 1200. The summed E-state index contributed by atoms with van der Waals surface area (Å²) in [6.45, 7) is 1.94. The van der Waals surface area contributed by atoms with Crippen LogP contribution in [0.15, 0.2) is 63.4 Å². The van der Waals surface area contributed by atoms with Crippen molar-refractivity contribution < 1.29 is 8.42 Å². The minimum atomic E-state index is -3.70. The molecule has 32 heavy (non-hydrogen) atoms. The zero-order valence-corrected chi connectivity index (χ0v) is 18.9. The van der Waals surface area contributed by atoms with Crippen molar-refractivity contribution in [2.24, 2.45) is 21.5 Å². The number of guanidine groups is 2. The van der Waals surface area contributed by atoms with Crippen LogP contribution in [0, 0.1) is 0 Å². The first-order valence-corrected chi connectivity index (χ1v) is 12.5. The van der Waals surface area contributed by atoms with Crippen LogP contribution in [0.3, 0.4) is 0 Å². The van der Waals surface area contributed by atoms with E-state index in [2.05, 4.69) is 9.98 Å². The predicted molar refractivity (Wildman–Crippen MR) is 127 cm³/mol. The molecule has 2 heterocycles. The third kappa shape index (κ3) is 3.23. The van der Waals surface area contributed by atoms with Crippen molar-refractivity contribution in [3.8, 4) is 0 Å². The number of benzene rings is 2. The third-order valence-corrected chi connectivity index (χ3v) is 8.59. The van der Waals surface area contributed by atoms with E-state index in [1.165, 1.54) is 4.31 Å². The second-order valence-electron chi connectivity index (χ2n) is 8.80. The highest BCUT2D eigenvalue weighted by Crippen LogP contribution is 2.40. The number of hydrogen-bond acceptors (Lipinski definition) is 7. The molecule has 2 aromatic carbocycles. The molecule has 0 amide bonds. The van der Waals surface area contributed by atoms with Gasteiger partial charge in [-0.2, -0.15) is 4.99 Å². The zero-order chi connectivity index (χ0) is 22.5. The van der Waals surface area contributed by atoms with Gasteiger partial charge in [-0.3, -0.25) is 9.21 Å². The molecular formula is C23H28N6O2S. The number of aliphatic imine (C=N–C) groups is 2. The van der Waals surface area contributed by atoms with Crippen molar-refractivity contribution in [2.75, 3.05) is 9.21 Å². The van der Waals surface area contributed by atoms with Crippen LogP contribution in [0.2, 0.25) is 0 Å². The first-order valence-electron chi connectivity index (χ1n) is 11.0. The summed E-state index contributed by atoms with van der Waals surface area (Å²) in [5.41, 5.74) is 14.2. The van der Waals surface area contributed by atoms with Gasteiger partial charge in [0.2, 0.25) is 11.9 Å². The van der Waals surface area contributed by atoms with E-state index in [1.807, 2.05) is 36.1 Å². The van der Waals surface area contributed by atoms with Crippen LogP contribution in [0.4, 0.5) is 11.4 Å². The van der Waals surface area contributed by atoms with E-state index in [-0.39, 0.29) is 22.9 Å². The Hall–Kier alpha value is -3.07. The van der Waals surface area contributed by atoms with Crippen LogP contribution < -0.4 is 20.7 Å². The minimum Gasteiger partial charge on any atom is -0.369 e. The normalized spacial score (nSPS) is 22.5. The topological polar surface area (TPSA) is 117 Å². The summed E-state index contributed by atoms with van der Waals surface area (Å²) in [7, 11) is -3.70. The highest BCUT2D eigenvalue weighted by Gasteiger charge is 2.43. The molecule has 0 saturated heterocycles. The molecule has 1 atom stereocenters. The van der Waals surface area contributed by atoms with Crippen LogP contribution in [0.1, 0.15) is 44.6 Å². The molecule has 0 bridgehead atoms. The summed E-state index contributed by atoms with van der Waals surface area (Å²) in [4.78, 5) is 11.0. The molecule has 9 heteroatoms. The molecule has 2 aromatic rings. The molecule has 4 N–H and O–H groups in total. The van der Waals surface area contributed by atoms with E-state index < -0.39 is 15.7 Å². The molecule has 5 rings (SSSR count). The minimum absolute atomic E-state index is 0.134. The molecular weight excluding hydrogens is 424 g/mol. The highest BCUT2D eigenvalue weighted by atomic mass is 32.2. The largest absolute Gasteiger partial charge is 0.369 e. The van der Waals surface area contributed by atoms with E-state index in [0.717, 1.165) is 49.0 Å². The summed E-state index contributed by atoms with van der Waals surface area (Å²) < 4.78 is 28.6. The van der Waals surface area contributed by atoms with Gasteiger partial charge in [-0.05, 0) is 74.9 Å². The lowest BCUT2D eigenvalue weighted by Gasteiger charge is -2.45. The van der Waals surface area contributed by atoms with Gasteiger partial charge in [-0.1, -0.05) is 24.6 Å². The Morgan fingerprint density at radius 3 is 2.41 bits per heavy atom. The van der Waals surface area contributed by atoms with Gasteiger partial charge in [0.05, 0.1) is 10.6 Å². The average molecular weight is 453 g/mol. The summed E-state index contributed by atoms with van der Waals surface area (Å²) in [5.74, 6) is 0.485. The lowest BCUT2D eigenvalue weighted by Crippen LogP contribution is -2.58. The molecule has 0 aromatic heterocycles. The number of sulfonamides is 1. The first-order chi connectivity index (χ1) is 15.3. The van der Waals surface area contributed by atoms with Gasteiger partial charge in [0.25, 0.3) is 10.0 Å². The van der Waals surface area contributed by atoms with E-state index in [4.69, 9.17) is 11.5 Å². The average Bonchev–Trinajstić information content (AvgIpc) is 3.10. The maximum absolute atomic E-state index is 13.5. The second-order valence-corrected chi connectivity index (χ2v) is 10.6. The Morgan fingerprint density at radius 2 is 1.69 bits per heavy atom. The summed E-state index contributed by atoms with van der Waals surface area (Å²) in [5, 5.41) is 0. The molecule has 1 fully saturated rings. The van der Waals surface area contributed by atoms with Crippen molar-refractivity contribution in [1.82, 2.24) is 0 Å². The molecule has 1 aliphatic carbocycles. The molecule has 168 valence electrons. The summed E-state index contributed by atoms with van der Waals surface area (Å²) in [6.07, 6.45) is 5.56. The third-order valence-electron chi connectivity index (χ3n) is 6.65. The molecule has 0 radical (unpaired) electrons. The summed E-state index contributed by atoms with van der Waals surface area (Å²) >= 11 is 0. The number of nitrogens with two attached hydrogens (primary N) is 2. The van der Waals surface area contributed by atoms with Crippen molar-refractivity contribution in [3.05, 3.63) is 54.1 Å². The number of anilines is 2. The molecule has 1 unspecified atom stereocenters. The van der Waals surface area contributed by atoms with Gasteiger partial charge < -0.3 is 11.5 Å². The Labute approximate surface area is 188 Å². The summed E-state index contributed by atoms with van der Waals surface area (Å²) in [6, 6.07) is 14.4. The fourth-order valence-corrected chi connectivity index (χ4v) is 6.97. The van der Waals surface area contributed by atoms with Gasteiger partial charge >= 0.3 is 0 Å². The molecule has 1 saturated carbocycles. The number of nitrogens with zero attached hydrogens (tertiary/aromatic N) is 4. The maximum atomic E-state index is 13.5. The maximum Gasteiger partial charge on any atom is 0.264 e. The second kappa shape index (κ2) is 7.51. The standard InChI is InChI=1S/C23H28N6O2S/c1-16-15-17-7-3-4-8-20(17)29(16)32(30,31)19-11-9-18(10-12-19)28-22(25)26-21(24)27-23(28)13-5-2-6-14-23/h3-4,7-12,16H,2,5-6,13-15H2,1H3,(H4,24,25,26,27). The van der Waals surface area contributed by atoms with Gasteiger partial charge in [-0.15, -0.1) is 0 Å². The van der Waals surface area contributed by atoms with Gasteiger partial charge in [-0.25, -0.2) is 13.4 Å². The Morgan fingerprint density at radius 1 is 1.00 bits per heavy atom. The first kappa shape index (κ1) is 20.8. The van der Waals surface area contributed by atoms with Crippen molar-refractivity contribution in [3.63, 3.8) is 0 Å². The highest BCUT2D eigenvalue weighted by molar-refractivity contribution is 7.92. The lowest BCUT2D eigenvalue weighted by molar-refractivity contribution is 0.305. The molecule has 2 aliphatic heterocycles. The number of fused-ring (bicyclic) bond motifs is 1. The SMILES string of the molecule is CC1Cc2ccccc2N1S(=O)(=O)c1ccc(N2C(N)=NC(N)=NC23CCCCC3)cc1. The number of hydrogen-bond donors (Lipinski definition) is 2. The smallest absolute Gasteiger partial charge is 0.264 e. The monoisotopic (exact) mass is 452 g/mol. The van der Waals surface area contributed by atoms with Crippen LogP contribution in [0.5, 0.6) is 0 Å². The van der Waals surface area contributed by atoms with Crippen molar-refractivity contribution >= 4 is 33.3 Å². The van der Waals surface area contributed by atoms with E-state index in [0.29, 0.717) is 6.42 Å². The van der Waals surface area contributed by atoms with E-state index in [1.54, 1.807) is 24.3 Å². The lowest BCUT2D eigenvalue weighted by atomic mass is 9.87. The Balaban J connectivity index is 1.50. The van der Waals surface area contributed by atoms with Crippen molar-refractivity contribution in [1.29, 1.82) is 0 Å². The number of para-hydroxylation sites is 1. The van der Waals surface area contributed by atoms with Crippen LogP contribution in [-0.4, -0.2) is 32.0 Å². The Kier molecular flexibility index (Phi) is 4.88. The zero-order valence-electron chi connectivity index (χ0n) is 18.1. The quantitative estimate of drug-likeness (QED) is 0.742. The molecule has 3 aliphatic rings. The molecule has 8 nitrogen and oxygen atoms in total. The predicted octanol–water partition coefficient (Wildman–Crippen LogP) is 2.94. The van der Waals surface area contributed by atoms with Gasteiger partial charge in [0.15, 0.2) is 0 Å². The van der Waals surface area contributed by atoms with Crippen LogP contribution >= 0.6 is 0 Å². The van der Waals surface area contributed by atoms with Crippen molar-refractivity contribution in [2.45, 2.75) is 62.0 Å². The van der Waals surface area contributed by atoms with Gasteiger partial charge in [0.1, 0.15) is 5.66 Å². The molecule has 1 spiro atoms. The fourth-order valence-electron chi connectivity index (χ4n) is 5.28. The van der Waals surface area contributed by atoms with Crippen LogP contribution in [0.25, 0.3) is 0 Å². The van der Waals surface area contributed by atoms with E-state index >= 15 is 0 Å².